The zero-order valence-corrected chi connectivity index (χ0v) is 6.80. The molecule has 0 bridgehead atoms. The number of rotatable bonds is 3. The molecule has 0 aliphatic carbocycles. The lowest BCUT2D eigenvalue weighted by molar-refractivity contribution is 0.121. The SMILES string of the molecule is CCc1nn(CC(F)F)cc1N. The molecule has 1 rings (SSSR count). The molecule has 0 fully saturated rings. The maximum absolute atomic E-state index is 11.9. The Hall–Kier alpha value is -1.13. The summed E-state index contributed by atoms with van der Waals surface area (Å²) >= 11 is 0. The first-order valence-corrected chi connectivity index (χ1v) is 3.73. The fourth-order valence-corrected chi connectivity index (χ4v) is 0.986. The molecule has 0 amide bonds. The highest BCUT2D eigenvalue weighted by Crippen LogP contribution is 2.10. The molecule has 0 saturated heterocycles. The van der Waals surface area contributed by atoms with Crippen LogP contribution in [0.5, 0.6) is 0 Å². The normalized spacial score (nSPS) is 11.0. The summed E-state index contributed by atoms with van der Waals surface area (Å²) in [4.78, 5) is 0. The van der Waals surface area contributed by atoms with Gasteiger partial charge in [0.15, 0.2) is 0 Å². The minimum absolute atomic E-state index is 0.385. The third kappa shape index (κ3) is 1.93. The molecule has 3 nitrogen and oxygen atoms in total. The predicted octanol–water partition coefficient (Wildman–Crippen LogP) is 1.29. The third-order valence-electron chi connectivity index (χ3n) is 1.53. The van der Waals surface area contributed by atoms with Crippen LogP contribution in [0, 0.1) is 0 Å². The van der Waals surface area contributed by atoms with E-state index in [4.69, 9.17) is 5.73 Å². The van der Waals surface area contributed by atoms with Gasteiger partial charge in [0.2, 0.25) is 0 Å². The van der Waals surface area contributed by atoms with Crippen LogP contribution in [0.3, 0.4) is 0 Å². The topological polar surface area (TPSA) is 43.8 Å². The fraction of sp³-hybridized carbons (Fsp3) is 0.571. The van der Waals surface area contributed by atoms with Crippen molar-refractivity contribution in [3.8, 4) is 0 Å². The first-order chi connectivity index (χ1) is 5.63. The molecule has 0 aromatic carbocycles. The first kappa shape index (κ1) is 8.96. The maximum Gasteiger partial charge on any atom is 0.257 e. The molecule has 1 heterocycles. The number of nitrogen functional groups attached to an aromatic ring is 1. The smallest absolute Gasteiger partial charge is 0.257 e. The van der Waals surface area contributed by atoms with Gasteiger partial charge in [0, 0.05) is 6.20 Å². The summed E-state index contributed by atoms with van der Waals surface area (Å²) in [5, 5.41) is 3.88. The molecule has 0 unspecified atom stereocenters. The van der Waals surface area contributed by atoms with E-state index in [-0.39, 0.29) is 6.54 Å². The molecule has 2 N–H and O–H groups in total. The van der Waals surface area contributed by atoms with E-state index in [9.17, 15) is 8.78 Å². The van der Waals surface area contributed by atoms with E-state index in [1.807, 2.05) is 6.92 Å². The molecular formula is C7H11F2N3. The van der Waals surface area contributed by atoms with E-state index >= 15 is 0 Å². The number of aromatic nitrogens is 2. The van der Waals surface area contributed by atoms with Crippen LogP contribution >= 0.6 is 0 Å². The number of anilines is 1. The standard InChI is InChI=1S/C7H11F2N3/c1-2-6-5(10)3-12(11-6)4-7(8)9/h3,7H,2,4,10H2,1H3. The van der Waals surface area contributed by atoms with Crippen LogP contribution in [0.4, 0.5) is 14.5 Å². The van der Waals surface area contributed by atoms with Gasteiger partial charge in [-0.05, 0) is 6.42 Å². The van der Waals surface area contributed by atoms with Crippen molar-refractivity contribution in [2.24, 2.45) is 0 Å². The Kier molecular flexibility index (Phi) is 2.62. The zero-order valence-electron chi connectivity index (χ0n) is 6.80. The molecular weight excluding hydrogens is 164 g/mol. The molecule has 0 atom stereocenters. The van der Waals surface area contributed by atoms with E-state index in [1.54, 1.807) is 0 Å². The highest BCUT2D eigenvalue weighted by molar-refractivity contribution is 5.40. The number of aryl methyl sites for hydroxylation is 1. The summed E-state index contributed by atoms with van der Waals surface area (Å²) in [6.07, 6.45) is -0.276. The van der Waals surface area contributed by atoms with E-state index in [2.05, 4.69) is 5.10 Å². The van der Waals surface area contributed by atoms with Crippen molar-refractivity contribution in [1.29, 1.82) is 0 Å². The number of nitrogens with two attached hydrogens (primary N) is 1. The van der Waals surface area contributed by atoms with Crippen LogP contribution in [0.15, 0.2) is 6.20 Å². The Morgan fingerprint density at radius 3 is 2.75 bits per heavy atom. The molecule has 1 aromatic heterocycles. The van der Waals surface area contributed by atoms with Gasteiger partial charge in [-0.1, -0.05) is 6.92 Å². The lowest BCUT2D eigenvalue weighted by Crippen LogP contribution is -2.07. The second-order valence-electron chi connectivity index (χ2n) is 2.50. The van der Waals surface area contributed by atoms with Crippen molar-refractivity contribution in [1.82, 2.24) is 9.78 Å². The number of hydrogen-bond acceptors (Lipinski definition) is 2. The lowest BCUT2D eigenvalue weighted by atomic mass is 10.3. The second kappa shape index (κ2) is 3.51. The van der Waals surface area contributed by atoms with Crippen molar-refractivity contribution < 1.29 is 8.78 Å². The quantitative estimate of drug-likeness (QED) is 0.752. The highest BCUT2D eigenvalue weighted by Gasteiger charge is 2.07. The van der Waals surface area contributed by atoms with E-state index < -0.39 is 6.43 Å². The first-order valence-electron chi connectivity index (χ1n) is 3.73. The zero-order chi connectivity index (χ0) is 9.14. The highest BCUT2D eigenvalue weighted by atomic mass is 19.3. The number of nitrogens with zero attached hydrogens (tertiary/aromatic N) is 2. The number of hydrogen-bond donors (Lipinski definition) is 1. The maximum atomic E-state index is 11.9. The van der Waals surface area contributed by atoms with Gasteiger partial charge in [0.1, 0.15) is 6.54 Å². The predicted molar refractivity (Wildman–Crippen MR) is 42.0 cm³/mol. The monoisotopic (exact) mass is 175 g/mol. The van der Waals surface area contributed by atoms with Crippen LogP contribution in [-0.2, 0) is 13.0 Å². The lowest BCUT2D eigenvalue weighted by Gasteiger charge is -1.97. The summed E-state index contributed by atoms with van der Waals surface area (Å²) in [6.45, 7) is 1.50. The third-order valence-corrected chi connectivity index (χ3v) is 1.53. The Labute approximate surface area is 69.2 Å². The summed E-state index contributed by atoms with van der Waals surface area (Å²) in [7, 11) is 0. The van der Waals surface area contributed by atoms with Crippen molar-refractivity contribution in [3.05, 3.63) is 11.9 Å². The summed E-state index contributed by atoms with van der Waals surface area (Å²) in [5.74, 6) is 0. The number of halogens is 2. The van der Waals surface area contributed by atoms with Gasteiger partial charge in [0.25, 0.3) is 6.43 Å². The van der Waals surface area contributed by atoms with E-state index in [0.29, 0.717) is 17.8 Å². The minimum Gasteiger partial charge on any atom is -0.396 e. The minimum atomic E-state index is -2.38. The second-order valence-corrected chi connectivity index (χ2v) is 2.50. The van der Waals surface area contributed by atoms with Gasteiger partial charge >= 0.3 is 0 Å². The van der Waals surface area contributed by atoms with Gasteiger partial charge in [-0.3, -0.25) is 4.68 Å². The largest absolute Gasteiger partial charge is 0.396 e. The Bertz CT molecular complexity index is 257. The van der Waals surface area contributed by atoms with Crippen LogP contribution in [-0.4, -0.2) is 16.2 Å². The van der Waals surface area contributed by atoms with Gasteiger partial charge in [0.05, 0.1) is 11.4 Å². The van der Waals surface area contributed by atoms with Crippen molar-refractivity contribution in [2.75, 3.05) is 5.73 Å². The molecule has 0 radical (unpaired) electrons. The van der Waals surface area contributed by atoms with Crippen molar-refractivity contribution in [2.45, 2.75) is 26.3 Å². The summed E-state index contributed by atoms with van der Waals surface area (Å²) in [6, 6.07) is 0. The van der Waals surface area contributed by atoms with Gasteiger partial charge < -0.3 is 5.73 Å². The summed E-state index contributed by atoms with van der Waals surface area (Å²) < 4.78 is 24.9. The van der Waals surface area contributed by atoms with Crippen molar-refractivity contribution >= 4 is 5.69 Å². The molecule has 1 aromatic rings. The average molecular weight is 175 g/mol. The Morgan fingerprint density at radius 1 is 1.67 bits per heavy atom. The van der Waals surface area contributed by atoms with E-state index in [0.717, 1.165) is 0 Å². The van der Waals surface area contributed by atoms with Crippen LogP contribution in [0.25, 0.3) is 0 Å². The molecule has 0 aliphatic rings. The fourth-order valence-electron chi connectivity index (χ4n) is 0.986. The molecule has 68 valence electrons. The number of alkyl halides is 2. The van der Waals surface area contributed by atoms with Crippen LogP contribution in [0.2, 0.25) is 0 Å². The van der Waals surface area contributed by atoms with Gasteiger partial charge in [-0.2, -0.15) is 5.10 Å². The van der Waals surface area contributed by atoms with Gasteiger partial charge in [-0.25, -0.2) is 8.78 Å². The molecule has 0 spiro atoms. The van der Waals surface area contributed by atoms with Crippen LogP contribution < -0.4 is 5.73 Å². The summed E-state index contributed by atoms with van der Waals surface area (Å²) in [5.41, 5.74) is 6.66. The molecule has 5 heteroatoms. The van der Waals surface area contributed by atoms with E-state index in [1.165, 1.54) is 10.9 Å². The molecule has 12 heavy (non-hydrogen) atoms. The van der Waals surface area contributed by atoms with Crippen molar-refractivity contribution in [3.63, 3.8) is 0 Å². The van der Waals surface area contributed by atoms with Crippen LogP contribution in [0.1, 0.15) is 12.6 Å². The Balaban J connectivity index is 2.75. The Morgan fingerprint density at radius 2 is 2.33 bits per heavy atom. The molecule has 0 saturated carbocycles. The van der Waals surface area contributed by atoms with Gasteiger partial charge in [-0.15, -0.1) is 0 Å². The molecule has 0 aliphatic heterocycles. The average Bonchev–Trinajstić information content (AvgIpc) is 2.29.